The molecule has 0 aromatic heterocycles. The van der Waals surface area contributed by atoms with Gasteiger partial charge in [0, 0.05) is 55.7 Å². The minimum Gasteiger partial charge on any atom is -0.388 e. The van der Waals surface area contributed by atoms with Crippen molar-refractivity contribution in [1.29, 1.82) is 0 Å². The highest BCUT2D eigenvalue weighted by atomic mass is 32.2. The number of rotatable bonds is 11. The Kier molecular flexibility index (Phi) is 8.93. The van der Waals surface area contributed by atoms with E-state index < -0.39 is 9.84 Å². The van der Waals surface area contributed by atoms with Crippen LogP contribution in [0.25, 0.3) is 0 Å². The Hall–Kier alpha value is -1.35. The summed E-state index contributed by atoms with van der Waals surface area (Å²) in [7, 11) is -1.14. The van der Waals surface area contributed by atoms with Crippen molar-refractivity contribution < 1.29 is 8.42 Å². The van der Waals surface area contributed by atoms with Gasteiger partial charge in [-0.2, -0.15) is 0 Å². The Bertz CT molecular complexity index is 552. The van der Waals surface area contributed by atoms with Crippen LogP contribution in [-0.4, -0.2) is 47.9 Å². The standard InChI is InChI=1S/C15H29N5O2S/c1-17-8-7-14(20-16)12-19-10-9-18-11-13-3-5-15(6-4-13)23(2,21)22/h3,5,12,17-20H,4,6-11,16H2,1-2H3/b14-12-. The van der Waals surface area contributed by atoms with E-state index in [1.165, 1.54) is 11.8 Å². The quantitative estimate of drug-likeness (QED) is 0.200. The first-order chi connectivity index (χ1) is 11.0. The molecule has 0 aliphatic heterocycles. The van der Waals surface area contributed by atoms with Crippen LogP contribution in [0.3, 0.4) is 0 Å². The number of hydrogen-bond acceptors (Lipinski definition) is 7. The predicted molar refractivity (Wildman–Crippen MR) is 95.1 cm³/mol. The van der Waals surface area contributed by atoms with E-state index in [0.29, 0.717) is 11.3 Å². The third-order valence-electron chi connectivity index (χ3n) is 3.58. The van der Waals surface area contributed by atoms with Crippen LogP contribution < -0.4 is 27.2 Å². The van der Waals surface area contributed by atoms with Crippen LogP contribution in [0.2, 0.25) is 0 Å². The lowest BCUT2D eigenvalue weighted by molar-refractivity contribution is 0.604. The Morgan fingerprint density at radius 2 is 2.04 bits per heavy atom. The second-order valence-corrected chi connectivity index (χ2v) is 7.60. The molecule has 0 atom stereocenters. The van der Waals surface area contributed by atoms with Gasteiger partial charge in [0.1, 0.15) is 0 Å². The summed E-state index contributed by atoms with van der Waals surface area (Å²) in [6.45, 7) is 3.26. The fraction of sp³-hybridized carbons (Fsp3) is 0.600. The molecule has 0 saturated heterocycles. The topological polar surface area (TPSA) is 108 Å². The highest BCUT2D eigenvalue weighted by molar-refractivity contribution is 7.94. The summed E-state index contributed by atoms with van der Waals surface area (Å²) >= 11 is 0. The Balaban J connectivity index is 2.22. The van der Waals surface area contributed by atoms with E-state index in [1.54, 1.807) is 6.08 Å². The van der Waals surface area contributed by atoms with Crippen molar-refractivity contribution in [2.24, 2.45) is 5.84 Å². The average molecular weight is 343 g/mol. The summed E-state index contributed by atoms with van der Waals surface area (Å²) in [5.41, 5.74) is 4.85. The first-order valence-electron chi connectivity index (χ1n) is 7.80. The van der Waals surface area contributed by atoms with Crippen molar-refractivity contribution in [3.8, 4) is 0 Å². The zero-order chi connectivity index (χ0) is 17.1. The third-order valence-corrected chi connectivity index (χ3v) is 4.87. The minimum atomic E-state index is -3.04. The largest absolute Gasteiger partial charge is 0.388 e. The molecule has 0 bridgehead atoms. The summed E-state index contributed by atoms with van der Waals surface area (Å²) in [4.78, 5) is 0.524. The lowest BCUT2D eigenvalue weighted by atomic mass is 10.1. The zero-order valence-electron chi connectivity index (χ0n) is 14.0. The van der Waals surface area contributed by atoms with Gasteiger partial charge in [-0.3, -0.25) is 5.84 Å². The van der Waals surface area contributed by atoms with Gasteiger partial charge < -0.3 is 21.4 Å². The molecule has 0 spiro atoms. The second kappa shape index (κ2) is 10.4. The first-order valence-corrected chi connectivity index (χ1v) is 9.69. The molecule has 0 aromatic rings. The van der Waals surface area contributed by atoms with Crippen LogP contribution in [0.15, 0.2) is 34.5 Å². The van der Waals surface area contributed by atoms with Crippen molar-refractivity contribution in [3.05, 3.63) is 34.5 Å². The molecule has 0 fully saturated rings. The highest BCUT2D eigenvalue weighted by Gasteiger charge is 2.14. The number of hydrazine groups is 1. The Morgan fingerprint density at radius 3 is 2.61 bits per heavy atom. The molecule has 1 aliphatic carbocycles. The number of nitrogens with two attached hydrogens (primary N) is 1. The van der Waals surface area contributed by atoms with Crippen LogP contribution in [0.4, 0.5) is 0 Å². The van der Waals surface area contributed by atoms with E-state index in [2.05, 4.69) is 21.4 Å². The van der Waals surface area contributed by atoms with Gasteiger partial charge in [-0.05, 0) is 26.0 Å². The van der Waals surface area contributed by atoms with E-state index in [0.717, 1.165) is 44.7 Å². The first kappa shape index (κ1) is 19.7. The molecule has 8 heteroatoms. The molecule has 23 heavy (non-hydrogen) atoms. The molecular formula is C15H29N5O2S. The molecular weight excluding hydrogens is 314 g/mol. The molecule has 0 aromatic carbocycles. The van der Waals surface area contributed by atoms with Gasteiger partial charge >= 0.3 is 0 Å². The highest BCUT2D eigenvalue weighted by Crippen LogP contribution is 2.21. The summed E-state index contributed by atoms with van der Waals surface area (Å²) in [6, 6.07) is 0. The fourth-order valence-corrected chi connectivity index (χ4v) is 2.96. The van der Waals surface area contributed by atoms with Crippen molar-refractivity contribution in [2.75, 3.05) is 39.5 Å². The summed E-state index contributed by atoms with van der Waals surface area (Å²) in [5.74, 6) is 5.44. The van der Waals surface area contributed by atoms with Crippen LogP contribution >= 0.6 is 0 Å². The maximum atomic E-state index is 11.4. The molecule has 7 nitrogen and oxygen atoms in total. The second-order valence-electron chi connectivity index (χ2n) is 5.53. The normalized spacial score (nSPS) is 15.9. The summed E-state index contributed by atoms with van der Waals surface area (Å²) < 4.78 is 22.9. The van der Waals surface area contributed by atoms with Crippen LogP contribution in [0.5, 0.6) is 0 Å². The van der Waals surface area contributed by atoms with Gasteiger partial charge in [0.2, 0.25) is 0 Å². The van der Waals surface area contributed by atoms with Gasteiger partial charge in [-0.15, -0.1) is 0 Å². The van der Waals surface area contributed by atoms with Crippen LogP contribution in [0, 0.1) is 0 Å². The van der Waals surface area contributed by atoms with E-state index >= 15 is 0 Å². The van der Waals surface area contributed by atoms with Crippen molar-refractivity contribution in [2.45, 2.75) is 19.3 Å². The summed E-state index contributed by atoms with van der Waals surface area (Å²) in [5, 5.41) is 9.61. The molecule has 1 aliphatic rings. The zero-order valence-corrected chi connectivity index (χ0v) is 14.8. The van der Waals surface area contributed by atoms with E-state index in [9.17, 15) is 8.42 Å². The van der Waals surface area contributed by atoms with Crippen LogP contribution in [0.1, 0.15) is 19.3 Å². The molecule has 0 amide bonds. The monoisotopic (exact) mass is 343 g/mol. The number of sulfone groups is 1. The fourth-order valence-electron chi connectivity index (χ4n) is 2.17. The SMILES string of the molecule is CNCC/C(=C/NCCNCC1=CC=C(S(C)(=O)=O)CC1)NN. The van der Waals surface area contributed by atoms with E-state index in [4.69, 9.17) is 5.84 Å². The van der Waals surface area contributed by atoms with E-state index in [-0.39, 0.29) is 0 Å². The molecule has 0 unspecified atom stereocenters. The minimum absolute atomic E-state index is 0.524. The molecule has 0 saturated carbocycles. The number of hydrogen-bond donors (Lipinski definition) is 5. The van der Waals surface area contributed by atoms with Gasteiger partial charge in [-0.25, -0.2) is 8.42 Å². The van der Waals surface area contributed by atoms with Crippen molar-refractivity contribution in [3.63, 3.8) is 0 Å². The van der Waals surface area contributed by atoms with Crippen molar-refractivity contribution >= 4 is 9.84 Å². The number of nitrogens with one attached hydrogen (secondary N) is 4. The van der Waals surface area contributed by atoms with Gasteiger partial charge in [-0.1, -0.05) is 11.6 Å². The molecule has 1 rings (SSSR count). The Labute approximate surface area is 139 Å². The maximum Gasteiger partial charge on any atom is 0.171 e. The maximum absolute atomic E-state index is 11.4. The lowest BCUT2D eigenvalue weighted by Crippen LogP contribution is -2.29. The molecule has 0 heterocycles. The third kappa shape index (κ3) is 8.17. The smallest absolute Gasteiger partial charge is 0.171 e. The van der Waals surface area contributed by atoms with Gasteiger partial charge in [0.25, 0.3) is 0 Å². The molecule has 132 valence electrons. The Morgan fingerprint density at radius 1 is 1.26 bits per heavy atom. The predicted octanol–water partition coefficient (Wildman–Crippen LogP) is -0.271. The van der Waals surface area contributed by atoms with Gasteiger partial charge in [0.05, 0.1) is 0 Å². The molecule has 0 radical (unpaired) electrons. The average Bonchev–Trinajstić information content (AvgIpc) is 2.53. The van der Waals surface area contributed by atoms with E-state index in [1.807, 2.05) is 19.3 Å². The number of allylic oxidation sites excluding steroid dienone is 3. The van der Waals surface area contributed by atoms with Crippen molar-refractivity contribution in [1.82, 2.24) is 21.4 Å². The van der Waals surface area contributed by atoms with Crippen LogP contribution in [-0.2, 0) is 9.84 Å². The lowest BCUT2D eigenvalue weighted by Gasteiger charge is -2.14. The summed E-state index contributed by atoms with van der Waals surface area (Å²) in [6.07, 6.45) is 9.02. The van der Waals surface area contributed by atoms with Gasteiger partial charge in [0.15, 0.2) is 9.84 Å². The molecule has 6 N–H and O–H groups in total.